The average molecular weight is 658 g/mol. The van der Waals surface area contributed by atoms with E-state index in [4.69, 9.17) is 44.3 Å². The van der Waals surface area contributed by atoms with Gasteiger partial charge in [-0.25, -0.2) is 27.6 Å². The van der Waals surface area contributed by atoms with Crippen LogP contribution in [0.4, 0.5) is 0 Å². The largest absolute Gasteiger partial charge is 0.497 e. The Hall–Kier alpha value is -4.06. The summed E-state index contributed by atoms with van der Waals surface area (Å²) in [5, 5.41) is 31.6. The second kappa shape index (κ2) is 17.3. The molecule has 3 heterocycles. The van der Waals surface area contributed by atoms with Crippen molar-refractivity contribution in [2.24, 2.45) is 0 Å². The van der Waals surface area contributed by atoms with Crippen LogP contribution in [0.5, 0.6) is 5.75 Å². The SMILES string of the molecule is COc1ccc(CN2CCN(CC(=O)N(Cc3cccs3)C3CCS(=O)(=O)C3)CC2)cc1.O=C(O)C(=O)O.O=C(O)C(=O)O. The standard InChI is InChI=1S/C23H31N3O4S2.2C2H2O4/c1-30-21-6-4-19(5-7-21)15-24-9-11-25(12-10-24)17-23(27)26(16-22-3-2-13-31-22)20-8-14-32(28,29)18-20;2*3-1(4)2(5)6/h2-7,13,20H,8-12,14-18H2,1H3;2*(H,3,4)(H,5,6). The van der Waals surface area contributed by atoms with Gasteiger partial charge in [0.2, 0.25) is 5.91 Å². The third-order valence-electron chi connectivity index (χ3n) is 6.63. The van der Waals surface area contributed by atoms with Gasteiger partial charge in [-0.2, -0.15) is 0 Å². The molecular formula is C27H35N3O12S2. The summed E-state index contributed by atoms with van der Waals surface area (Å²) in [6.07, 6.45) is 0.537. The Balaban J connectivity index is 0.000000477. The highest BCUT2D eigenvalue weighted by Gasteiger charge is 2.35. The van der Waals surface area contributed by atoms with Crippen LogP contribution in [-0.4, -0.2) is 131 Å². The highest BCUT2D eigenvalue weighted by atomic mass is 32.2. The smallest absolute Gasteiger partial charge is 0.414 e. The average Bonchev–Trinajstić information content (AvgIpc) is 3.62. The first kappa shape index (κ1) is 36.1. The number of rotatable bonds is 8. The number of aliphatic carboxylic acids is 4. The highest BCUT2D eigenvalue weighted by Crippen LogP contribution is 2.22. The zero-order valence-corrected chi connectivity index (χ0v) is 25.5. The maximum absolute atomic E-state index is 13.2. The molecule has 2 saturated heterocycles. The molecule has 4 N–H and O–H groups in total. The van der Waals surface area contributed by atoms with E-state index in [9.17, 15) is 13.2 Å². The number of sulfone groups is 1. The van der Waals surface area contributed by atoms with Crippen molar-refractivity contribution in [3.63, 3.8) is 0 Å². The lowest BCUT2D eigenvalue weighted by atomic mass is 10.2. The number of thiophene rings is 1. The molecule has 242 valence electrons. The molecule has 0 aliphatic carbocycles. The third kappa shape index (κ3) is 12.7. The van der Waals surface area contributed by atoms with Crippen molar-refractivity contribution in [2.45, 2.75) is 25.6 Å². The normalized spacial score (nSPS) is 17.6. The molecule has 2 aromatic rings. The molecule has 1 aromatic carbocycles. The topological polar surface area (TPSA) is 219 Å². The second-order valence-electron chi connectivity index (χ2n) is 9.78. The molecule has 2 aliphatic rings. The minimum Gasteiger partial charge on any atom is -0.497 e. The molecule has 1 unspecified atom stereocenters. The number of carboxylic acids is 4. The van der Waals surface area contributed by atoms with E-state index in [0.29, 0.717) is 19.5 Å². The lowest BCUT2D eigenvalue weighted by molar-refractivity contribution is -0.159. The van der Waals surface area contributed by atoms with Crippen LogP contribution in [0.2, 0.25) is 0 Å². The molecular weight excluding hydrogens is 622 g/mol. The molecule has 0 radical (unpaired) electrons. The molecule has 17 heteroatoms. The molecule has 15 nitrogen and oxygen atoms in total. The quantitative estimate of drug-likeness (QED) is 0.283. The monoisotopic (exact) mass is 657 g/mol. The fourth-order valence-electron chi connectivity index (χ4n) is 4.39. The summed E-state index contributed by atoms with van der Waals surface area (Å²) in [5.41, 5.74) is 1.25. The zero-order chi connectivity index (χ0) is 32.9. The molecule has 0 saturated carbocycles. The number of carboxylic acid groups (broad SMARTS) is 4. The number of carbonyl (C=O) groups excluding carboxylic acids is 1. The lowest BCUT2D eigenvalue weighted by Crippen LogP contribution is -2.51. The van der Waals surface area contributed by atoms with Crippen molar-refractivity contribution < 1.29 is 57.6 Å². The molecule has 0 bridgehead atoms. The predicted octanol–water partition coefficient (Wildman–Crippen LogP) is 0.401. The maximum Gasteiger partial charge on any atom is 0.414 e. The summed E-state index contributed by atoms with van der Waals surface area (Å²) in [6.45, 7) is 5.20. The van der Waals surface area contributed by atoms with Crippen LogP contribution >= 0.6 is 11.3 Å². The van der Waals surface area contributed by atoms with Gasteiger partial charge in [0.05, 0.1) is 31.7 Å². The highest BCUT2D eigenvalue weighted by molar-refractivity contribution is 7.91. The number of carbonyl (C=O) groups is 5. The number of piperazine rings is 1. The van der Waals surface area contributed by atoms with Gasteiger partial charge >= 0.3 is 23.9 Å². The summed E-state index contributed by atoms with van der Waals surface area (Å²) in [6, 6.07) is 11.9. The molecule has 1 amide bonds. The van der Waals surface area contributed by atoms with Crippen molar-refractivity contribution >= 4 is 51.0 Å². The summed E-state index contributed by atoms with van der Waals surface area (Å²) < 4.78 is 29.3. The van der Waals surface area contributed by atoms with Crippen LogP contribution in [0.1, 0.15) is 16.9 Å². The van der Waals surface area contributed by atoms with Gasteiger partial charge in [0.15, 0.2) is 9.84 Å². The van der Waals surface area contributed by atoms with Crippen LogP contribution in [0, 0.1) is 0 Å². The summed E-state index contributed by atoms with van der Waals surface area (Å²) in [5.74, 6) is -6.14. The number of methoxy groups -OCH3 is 1. The van der Waals surface area contributed by atoms with E-state index in [-0.39, 0.29) is 23.5 Å². The molecule has 2 aliphatic heterocycles. The lowest BCUT2D eigenvalue weighted by Gasteiger charge is -2.36. The van der Waals surface area contributed by atoms with Crippen molar-refractivity contribution in [3.8, 4) is 5.75 Å². The molecule has 0 spiro atoms. The van der Waals surface area contributed by atoms with Gasteiger partial charge in [-0.15, -0.1) is 11.3 Å². The van der Waals surface area contributed by atoms with Crippen LogP contribution in [0.15, 0.2) is 41.8 Å². The maximum atomic E-state index is 13.2. The Morgan fingerprint density at radius 3 is 1.86 bits per heavy atom. The van der Waals surface area contributed by atoms with Gasteiger partial charge in [0.25, 0.3) is 0 Å². The third-order valence-corrected chi connectivity index (χ3v) is 9.24. The van der Waals surface area contributed by atoms with Crippen molar-refractivity contribution in [1.29, 1.82) is 0 Å². The minimum absolute atomic E-state index is 0.0316. The van der Waals surface area contributed by atoms with Gasteiger partial charge in [-0.3, -0.25) is 14.6 Å². The number of hydrogen-bond donors (Lipinski definition) is 4. The number of ether oxygens (including phenoxy) is 1. The fourth-order valence-corrected chi connectivity index (χ4v) is 6.82. The van der Waals surface area contributed by atoms with E-state index in [1.807, 2.05) is 29.6 Å². The summed E-state index contributed by atoms with van der Waals surface area (Å²) in [7, 11) is -1.38. The van der Waals surface area contributed by atoms with Crippen molar-refractivity contribution in [3.05, 3.63) is 52.2 Å². The van der Waals surface area contributed by atoms with Crippen LogP contribution in [0.3, 0.4) is 0 Å². The van der Waals surface area contributed by atoms with Gasteiger partial charge in [-0.1, -0.05) is 18.2 Å². The number of amides is 1. The summed E-state index contributed by atoms with van der Waals surface area (Å²) in [4.78, 5) is 57.1. The zero-order valence-electron chi connectivity index (χ0n) is 23.9. The van der Waals surface area contributed by atoms with Crippen molar-refractivity contribution in [2.75, 3.05) is 51.3 Å². The Morgan fingerprint density at radius 2 is 1.43 bits per heavy atom. The first-order chi connectivity index (χ1) is 20.7. The number of nitrogens with zero attached hydrogens (tertiary/aromatic N) is 3. The van der Waals surface area contributed by atoms with Gasteiger partial charge in [-0.05, 0) is 35.6 Å². The van der Waals surface area contributed by atoms with Crippen molar-refractivity contribution in [1.82, 2.24) is 14.7 Å². The number of hydrogen-bond acceptors (Lipinski definition) is 11. The van der Waals surface area contributed by atoms with E-state index < -0.39 is 33.7 Å². The van der Waals surface area contributed by atoms with E-state index >= 15 is 0 Å². The summed E-state index contributed by atoms with van der Waals surface area (Å²) >= 11 is 1.61. The van der Waals surface area contributed by atoms with Crippen LogP contribution in [-0.2, 0) is 46.9 Å². The molecule has 44 heavy (non-hydrogen) atoms. The van der Waals surface area contributed by atoms with Gasteiger partial charge < -0.3 is 30.1 Å². The van der Waals surface area contributed by atoms with E-state index in [1.54, 1.807) is 23.3 Å². The van der Waals surface area contributed by atoms with Gasteiger partial charge in [0.1, 0.15) is 5.75 Å². The minimum atomic E-state index is -3.05. The molecule has 1 aromatic heterocycles. The molecule has 4 rings (SSSR count). The van der Waals surface area contributed by atoms with Gasteiger partial charge in [0, 0.05) is 43.6 Å². The second-order valence-corrected chi connectivity index (χ2v) is 13.0. The first-order valence-corrected chi connectivity index (χ1v) is 15.9. The Morgan fingerprint density at radius 1 is 0.886 bits per heavy atom. The Bertz CT molecular complexity index is 1330. The van der Waals surface area contributed by atoms with Crippen LogP contribution < -0.4 is 4.74 Å². The Labute approximate surface area is 257 Å². The fraction of sp³-hybridized carbons (Fsp3) is 0.444. The first-order valence-electron chi connectivity index (χ1n) is 13.2. The number of benzene rings is 1. The van der Waals surface area contributed by atoms with E-state index in [1.165, 1.54) is 5.56 Å². The molecule has 2 fully saturated rings. The Kier molecular flexibility index (Phi) is 14.2. The molecule has 1 atom stereocenters. The van der Waals surface area contributed by atoms with E-state index in [0.717, 1.165) is 43.4 Å². The predicted molar refractivity (Wildman–Crippen MR) is 157 cm³/mol. The van der Waals surface area contributed by atoms with Crippen LogP contribution in [0.25, 0.3) is 0 Å². The van der Waals surface area contributed by atoms with E-state index in [2.05, 4.69) is 21.9 Å².